The van der Waals surface area contributed by atoms with Gasteiger partial charge in [0.25, 0.3) is 0 Å². The maximum atomic E-state index is 3.62. The van der Waals surface area contributed by atoms with Crippen LogP contribution < -0.4 is 5.32 Å². The fourth-order valence-electron chi connectivity index (χ4n) is 2.67. The number of nitrogens with zero attached hydrogens (tertiary/aromatic N) is 1. The van der Waals surface area contributed by atoms with Crippen molar-refractivity contribution >= 4 is 15.9 Å². The lowest BCUT2D eigenvalue weighted by molar-refractivity contribution is 0.145. The molecule has 1 aromatic rings. The molecule has 2 atom stereocenters. The van der Waals surface area contributed by atoms with Crippen molar-refractivity contribution < 1.29 is 0 Å². The van der Waals surface area contributed by atoms with Crippen LogP contribution in [-0.4, -0.2) is 31.1 Å². The van der Waals surface area contributed by atoms with E-state index >= 15 is 0 Å². The summed E-state index contributed by atoms with van der Waals surface area (Å²) in [6.45, 7) is 5.78. The topological polar surface area (TPSA) is 15.3 Å². The Morgan fingerprint density at radius 1 is 1.41 bits per heavy atom. The Morgan fingerprint density at radius 3 is 2.82 bits per heavy atom. The van der Waals surface area contributed by atoms with Crippen molar-refractivity contribution in [1.29, 1.82) is 0 Å². The highest BCUT2D eigenvalue weighted by Gasteiger charge is 2.24. The quantitative estimate of drug-likeness (QED) is 0.923. The highest BCUT2D eigenvalue weighted by atomic mass is 79.9. The summed E-state index contributed by atoms with van der Waals surface area (Å²) >= 11 is 3.62. The summed E-state index contributed by atoms with van der Waals surface area (Å²) in [5.74, 6) is 0.733. The molecule has 1 saturated heterocycles. The number of hydrogen-bond acceptors (Lipinski definition) is 2. The Bertz CT molecular complexity index is 367. The molecule has 1 aliphatic heterocycles. The van der Waals surface area contributed by atoms with Crippen molar-refractivity contribution in [3.05, 3.63) is 34.3 Å². The summed E-state index contributed by atoms with van der Waals surface area (Å²) in [6, 6.07) is 9.20. The maximum Gasteiger partial charge on any atom is 0.0245 e. The maximum absolute atomic E-state index is 3.62. The third kappa shape index (κ3) is 3.30. The molecule has 1 aliphatic rings. The lowest BCUT2D eigenvalue weighted by atomic mass is 9.94. The summed E-state index contributed by atoms with van der Waals surface area (Å²) < 4.78 is 1.23. The zero-order valence-electron chi connectivity index (χ0n) is 10.6. The molecule has 17 heavy (non-hydrogen) atoms. The molecule has 0 aromatic heterocycles. The minimum atomic E-state index is 0.686. The Morgan fingerprint density at radius 2 is 2.18 bits per heavy atom. The predicted molar refractivity (Wildman–Crippen MR) is 76.0 cm³/mol. The summed E-state index contributed by atoms with van der Waals surface area (Å²) in [5, 5.41) is 3.41. The zero-order valence-corrected chi connectivity index (χ0v) is 12.2. The molecule has 0 spiro atoms. The first kappa shape index (κ1) is 13.1. The van der Waals surface area contributed by atoms with E-state index < -0.39 is 0 Å². The number of rotatable bonds is 3. The van der Waals surface area contributed by atoms with Gasteiger partial charge in [0.1, 0.15) is 0 Å². The smallest absolute Gasteiger partial charge is 0.0245 e. The van der Waals surface area contributed by atoms with Crippen LogP contribution in [0.25, 0.3) is 0 Å². The van der Waals surface area contributed by atoms with Gasteiger partial charge in [-0.25, -0.2) is 0 Å². The Balaban J connectivity index is 1.95. The van der Waals surface area contributed by atoms with Crippen LogP contribution in [0.2, 0.25) is 0 Å². The van der Waals surface area contributed by atoms with E-state index in [-0.39, 0.29) is 0 Å². The lowest BCUT2D eigenvalue weighted by Gasteiger charge is -2.37. The van der Waals surface area contributed by atoms with Crippen molar-refractivity contribution in [2.24, 2.45) is 5.92 Å². The molecular formula is C14H21BrN2. The van der Waals surface area contributed by atoms with E-state index in [0.29, 0.717) is 6.04 Å². The van der Waals surface area contributed by atoms with Gasteiger partial charge in [-0.2, -0.15) is 0 Å². The first-order valence-electron chi connectivity index (χ1n) is 6.33. The van der Waals surface area contributed by atoms with Gasteiger partial charge >= 0.3 is 0 Å². The van der Waals surface area contributed by atoms with Crippen molar-refractivity contribution in [3.63, 3.8) is 0 Å². The number of benzene rings is 1. The van der Waals surface area contributed by atoms with Crippen molar-refractivity contribution in [2.45, 2.75) is 25.9 Å². The van der Waals surface area contributed by atoms with E-state index in [1.54, 1.807) is 0 Å². The lowest BCUT2D eigenvalue weighted by Crippen LogP contribution is -2.46. The standard InChI is InChI=1S/C14H21BrN2/c1-11-9-17(8-7-14(11)16-2)10-12-5-3-4-6-13(12)15/h3-6,11,14,16H,7-10H2,1-2H3. The molecule has 0 saturated carbocycles. The molecule has 0 radical (unpaired) electrons. The molecule has 1 heterocycles. The molecule has 2 unspecified atom stereocenters. The highest BCUT2D eigenvalue weighted by Crippen LogP contribution is 2.22. The van der Waals surface area contributed by atoms with E-state index in [1.807, 2.05) is 0 Å². The molecule has 1 aromatic carbocycles. The largest absolute Gasteiger partial charge is 0.317 e. The van der Waals surface area contributed by atoms with Crippen LogP contribution in [0.5, 0.6) is 0 Å². The van der Waals surface area contributed by atoms with Crippen LogP contribution in [0.1, 0.15) is 18.9 Å². The molecular weight excluding hydrogens is 276 g/mol. The SMILES string of the molecule is CNC1CCN(Cc2ccccc2Br)CC1C. The molecule has 1 fully saturated rings. The van der Waals surface area contributed by atoms with Gasteiger partial charge in [0.15, 0.2) is 0 Å². The first-order chi connectivity index (χ1) is 8.20. The molecule has 0 amide bonds. The number of halogens is 1. The minimum absolute atomic E-state index is 0.686. The summed E-state index contributed by atoms with van der Waals surface area (Å²) in [5.41, 5.74) is 1.39. The fraction of sp³-hybridized carbons (Fsp3) is 0.571. The monoisotopic (exact) mass is 296 g/mol. The molecule has 1 N–H and O–H groups in total. The zero-order chi connectivity index (χ0) is 12.3. The summed E-state index contributed by atoms with van der Waals surface area (Å²) in [4.78, 5) is 2.55. The van der Waals surface area contributed by atoms with Gasteiger partial charge in [-0.15, -0.1) is 0 Å². The number of piperidine rings is 1. The van der Waals surface area contributed by atoms with E-state index in [4.69, 9.17) is 0 Å². The Labute approximate surface area is 113 Å². The first-order valence-corrected chi connectivity index (χ1v) is 7.13. The summed E-state index contributed by atoms with van der Waals surface area (Å²) in [6.07, 6.45) is 1.25. The summed E-state index contributed by atoms with van der Waals surface area (Å²) in [7, 11) is 2.07. The van der Waals surface area contributed by atoms with Gasteiger partial charge in [0.2, 0.25) is 0 Å². The van der Waals surface area contributed by atoms with Crippen LogP contribution in [0.4, 0.5) is 0 Å². The molecule has 94 valence electrons. The second-order valence-electron chi connectivity index (χ2n) is 4.99. The Kier molecular flexibility index (Phi) is 4.60. The van der Waals surface area contributed by atoms with E-state index in [0.717, 1.165) is 12.5 Å². The van der Waals surface area contributed by atoms with Gasteiger partial charge in [-0.3, -0.25) is 4.90 Å². The number of hydrogen-bond donors (Lipinski definition) is 1. The third-order valence-corrected chi connectivity index (χ3v) is 4.49. The van der Waals surface area contributed by atoms with E-state index in [9.17, 15) is 0 Å². The average Bonchev–Trinajstić information content (AvgIpc) is 2.32. The van der Waals surface area contributed by atoms with Gasteiger partial charge < -0.3 is 5.32 Å². The van der Waals surface area contributed by atoms with Crippen LogP contribution in [-0.2, 0) is 6.54 Å². The molecule has 3 heteroatoms. The van der Waals surface area contributed by atoms with Crippen LogP contribution in [0.15, 0.2) is 28.7 Å². The van der Waals surface area contributed by atoms with E-state index in [2.05, 4.69) is 64.4 Å². The van der Waals surface area contributed by atoms with Crippen LogP contribution in [0, 0.1) is 5.92 Å². The van der Waals surface area contributed by atoms with E-state index in [1.165, 1.54) is 29.5 Å². The predicted octanol–water partition coefficient (Wildman–Crippen LogP) is 2.88. The van der Waals surface area contributed by atoms with Crippen molar-refractivity contribution in [1.82, 2.24) is 10.2 Å². The average molecular weight is 297 g/mol. The van der Waals surface area contributed by atoms with Gasteiger partial charge in [0, 0.05) is 23.6 Å². The highest BCUT2D eigenvalue weighted by molar-refractivity contribution is 9.10. The third-order valence-electron chi connectivity index (χ3n) is 3.71. The Hall–Kier alpha value is -0.380. The van der Waals surface area contributed by atoms with Crippen molar-refractivity contribution in [2.75, 3.05) is 20.1 Å². The fourth-order valence-corrected chi connectivity index (χ4v) is 3.08. The van der Waals surface area contributed by atoms with Crippen molar-refractivity contribution in [3.8, 4) is 0 Å². The van der Waals surface area contributed by atoms with Gasteiger partial charge in [-0.05, 0) is 37.6 Å². The second-order valence-corrected chi connectivity index (χ2v) is 5.84. The minimum Gasteiger partial charge on any atom is -0.317 e. The molecule has 0 aliphatic carbocycles. The van der Waals surface area contributed by atoms with Crippen LogP contribution >= 0.6 is 15.9 Å². The van der Waals surface area contributed by atoms with Gasteiger partial charge in [0.05, 0.1) is 0 Å². The molecule has 0 bridgehead atoms. The van der Waals surface area contributed by atoms with Crippen LogP contribution in [0.3, 0.4) is 0 Å². The second kappa shape index (κ2) is 5.98. The number of nitrogens with one attached hydrogen (secondary N) is 1. The normalized spacial score (nSPS) is 26.1. The molecule has 2 rings (SSSR count). The number of likely N-dealkylation sites (tertiary alicyclic amines) is 1. The molecule has 2 nitrogen and oxygen atoms in total. The van der Waals surface area contributed by atoms with Gasteiger partial charge in [-0.1, -0.05) is 41.1 Å².